The largest absolute Gasteiger partial charge is 0.496 e. The number of fused-ring (bicyclic) bond motifs is 1. The van der Waals surface area contributed by atoms with E-state index in [1.54, 1.807) is 7.11 Å². The fraction of sp³-hybridized carbons (Fsp3) is 0.250. The number of hydrogen-bond acceptors (Lipinski definition) is 3. The summed E-state index contributed by atoms with van der Waals surface area (Å²) in [5.74, 6) is 2.39. The summed E-state index contributed by atoms with van der Waals surface area (Å²) in [6.07, 6.45) is -0.0832. The minimum absolute atomic E-state index is 0.0352. The van der Waals surface area contributed by atoms with Gasteiger partial charge in [0.25, 0.3) is 0 Å². The molecule has 0 radical (unpaired) electrons. The zero-order chi connectivity index (χ0) is 14.8. The maximum atomic E-state index is 6.03. The van der Waals surface area contributed by atoms with Gasteiger partial charge in [-0.3, -0.25) is 0 Å². The second-order valence-electron chi connectivity index (χ2n) is 4.71. The van der Waals surface area contributed by atoms with Gasteiger partial charge in [-0.1, -0.05) is 34.1 Å². The molecule has 0 saturated carbocycles. The summed E-state index contributed by atoms with van der Waals surface area (Å²) in [6.45, 7) is 0.510. The topological polar surface area (TPSA) is 27.7 Å². The Hall–Kier alpha value is -1.20. The van der Waals surface area contributed by atoms with E-state index >= 15 is 0 Å². The van der Waals surface area contributed by atoms with Crippen molar-refractivity contribution in [1.29, 1.82) is 0 Å². The van der Waals surface area contributed by atoms with Gasteiger partial charge in [-0.25, -0.2) is 0 Å². The van der Waals surface area contributed by atoms with Crippen LogP contribution in [0.2, 0.25) is 0 Å². The third-order valence-corrected chi connectivity index (χ3v) is 5.09. The van der Waals surface area contributed by atoms with Crippen LogP contribution in [0.5, 0.6) is 17.2 Å². The number of para-hydroxylation sites is 2. The molecule has 0 fully saturated rings. The van der Waals surface area contributed by atoms with Gasteiger partial charge in [0.05, 0.1) is 16.4 Å². The van der Waals surface area contributed by atoms with Gasteiger partial charge in [-0.15, -0.1) is 0 Å². The lowest BCUT2D eigenvalue weighted by molar-refractivity contribution is 0.0904. The zero-order valence-corrected chi connectivity index (χ0v) is 14.6. The molecule has 5 heteroatoms. The van der Waals surface area contributed by atoms with Gasteiger partial charge >= 0.3 is 0 Å². The fourth-order valence-corrected chi connectivity index (χ4v) is 3.35. The van der Waals surface area contributed by atoms with Gasteiger partial charge in [0.2, 0.25) is 0 Å². The van der Waals surface area contributed by atoms with Crippen molar-refractivity contribution in [2.45, 2.75) is 10.9 Å². The van der Waals surface area contributed by atoms with Crippen LogP contribution in [-0.4, -0.2) is 19.8 Å². The van der Waals surface area contributed by atoms with Crippen LogP contribution in [0.15, 0.2) is 46.9 Å². The minimum atomic E-state index is -0.0832. The standard InChI is InChI=1S/C16H14Br2O3/c1-19-12-7-6-10(8-11(12)17)16(18)15-9-20-13-4-2-3-5-14(13)21-15/h2-8,15-16H,9H2,1H3. The van der Waals surface area contributed by atoms with Crippen LogP contribution < -0.4 is 14.2 Å². The smallest absolute Gasteiger partial charge is 0.161 e. The van der Waals surface area contributed by atoms with Crippen molar-refractivity contribution in [3.63, 3.8) is 0 Å². The molecule has 2 unspecified atom stereocenters. The Bertz CT molecular complexity index is 645. The lowest BCUT2D eigenvalue weighted by Gasteiger charge is -2.29. The van der Waals surface area contributed by atoms with Crippen LogP contribution in [0.25, 0.3) is 0 Å². The van der Waals surface area contributed by atoms with Crippen molar-refractivity contribution in [2.24, 2.45) is 0 Å². The van der Waals surface area contributed by atoms with Crippen LogP contribution in [0, 0.1) is 0 Å². The van der Waals surface area contributed by atoms with Crippen LogP contribution in [0.4, 0.5) is 0 Å². The molecule has 0 N–H and O–H groups in total. The van der Waals surface area contributed by atoms with E-state index in [0.717, 1.165) is 27.3 Å². The highest BCUT2D eigenvalue weighted by atomic mass is 79.9. The summed E-state index contributed by atoms with van der Waals surface area (Å²) in [7, 11) is 1.65. The van der Waals surface area contributed by atoms with E-state index in [9.17, 15) is 0 Å². The summed E-state index contributed by atoms with van der Waals surface area (Å²) < 4.78 is 18.0. The lowest BCUT2D eigenvalue weighted by atomic mass is 10.1. The highest BCUT2D eigenvalue weighted by Crippen LogP contribution is 2.39. The number of halogens is 2. The number of ether oxygens (including phenoxy) is 3. The third kappa shape index (κ3) is 3.04. The van der Waals surface area contributed by atoms with Crippen molar-refractivity contribution >= 4 is 31.9 Å². The van der Waals surface area contributed by atoms with Crippen LogP contribution in [0.3, 0.4) is 0 Å². The molecule has 0 amide bonds. The molecule has 110 valence electrons. The molecule has 0 saturated heterocycles. The van der Waals surface area contributed by atoms with E-state index in [-0.39, 0.29) is 10.9 Å². The first-order chi connectivity index (χ1) is 10.2. The molecule has 0 bridgehead atoms. The molecule has 1 aliphatic rings. The molecule has 2 aromatic rings. The Morgan fingerprint density at radius 3 is 2.67 bits per heavy atom. The van der Waals surface area contributed by atoms with E-state index in [1.165, 1.54) is 0 Å². The van der Waals surface area contributed by atoms with Crippen molar-refractivity contribution in [1.82, 2.24) is 0 Å². The lowest BCUT2D eigenvalue weighted by Crippen LogP contribution is -2.32. The van der Waals surface area contributed by atoms with E-state index in [0.29, 0.717) is 6.61 Å². The fourth-order valence-electron chi connectivity index (χ4n) is 2.25. The predicted octanol–water partition coefficient (Wildman–Crippen LogP) is 4.73. The van der Waals surface area contributed by atoms with E-state index in [1.807, 2.05) is 42.5 Å². The van der Waals surface area contributed by atoms with E-state index in [2.05, 4.69) is 31.9 Å². The predicted molar refractivity (Wildman–Crippen MR) is 88.7 cm³/mol. The second-order valence-corrected chi connectivity index (χ2v) is 6.55. The normalized spacial score (nSPS) is 18.1. The number of benzene rings is 2. The minimum Gasteiger partial charge on any atom is -0.496 e. The molecule has 21 heavy (non-hydrogen) atoms. The van der Waals surface area contributed by atoms with Gasteiger partial charge in [0, 0.05) is 0 Å². The summed E-state index contributed by atoms with van der Waals surface area (Å²) in [6, 6.07) is 13.7. The summed E-state index contributed by atoms with van der Waals surface area (Å²) in [4.78, 5) is 0.0352. The first-order valence-electron chi connectivity index (χ1n) is 6.55. The van der Waals surface area contributed by atoms with E-state index < -0.39 is 0 Å². The molecule has 0 spiro atoms. The Kier molecular flexibility index (Phi) is 4.40. The Balaban J connectivity index is 1.80. The van der Waals surface area contributed by atoms with Crippen LogP contribution in [0.1, 0.15) is 10.4 Å². The Labute approximate surface area is 140 Å². The summed E-state index contributed by atoms with van der Waals surface area (Å²) in [5, 5.41) is 0. The SMILES string of the molecule is COc1ccc(C(Br)C2COc3ccccc3O2)cc1Br. The molecule has 1 aliphatic heterocycles. The van der Waals surface area contributed by atoms with E-state index in [4.69, 9.17) is 14.2 Å². The van der Waals surface area contributed by atoms with Crippen molar-refractivity contribution in [3.05, 3.63) is 52.5 Å². The highest BCUT2D eigenvalue weighted by Gasteiger charge is 2.28. The second kappa shape index (κ2) is 6.28. The monoisotopic (exact) mass is 412 g/mol. The average molecular weight is 414 g/mol. The number of alkyl halides is 1. The van der Waals surface area contributed by atoms with Crippen LogP contribution in [-0.2, 0) is 0 Å². The molecular formula is C16H14Br2O3. The quantitative estimate of drug-likeness (QED) is 0.680. The van der Waals surface area contributed by atoms with Gasteiger partial charge in [-0.2, -0.15) is 0 Å². The first kappa shape index (κ1) is 14.7. The maximum Gasteiger partial charge on any atom is 0.161 e. The molecule has 3 nitrogen and oxygen atoms in total. The Morgan fingerprint density at radius 1 is 1.19 bits per heavy atom. The van der Waals surface area contributed by atoms with Gasteiger partial charge < -0.3 is 14.2 Å². The summed E-state index contributed by atoms with van der Waals surface area (Å²) in [5.41, 5.74) is 1.11. The molecule has 0 aromatic heterocycles. The molecule has 1 heterocycles. The number of hydrogen-bond donors (Lipinski definition) is 0. The maximum absolute atomic E-state index is 6.03. The van der Waals surface area contributed by atoms with Gasteiger partial charge in [0.1, 0.15) is 18.5 Å². The van der Waals surface area contributed by atoms with Gasteiger partial charge in [0.15, 0.2) is 11.5 Å². The highest BCUT2D eigenvalue weighted by molar-refractivity contribution is 9.10. The molecular weight excluding hydrogens is 400 g/mol. The number of methoxy groups -OCH3 is 1. The third-order valence-electron chi connectivity index (χ3n) is 3.35. The molecule has 2 aromatic carbocycles. The molecule has 2 atom stereocenters. The van der Waals surface area contributed by atoms with Crippen molar-refractivity contribution in [3.8, 4) is 17.2 Å². The average Bonchev–Trinajstić information content (AvgIpc) is 2.53. The first-order valence-corrected chi connectivity index (χ1v) is 8.26. The summed E-state index contributed by atoms with van der Waals surface area (Å²) >= 11 is 7.22. The molecule has 0 aliphatic carbocycles. The number of rotatable bonds is 3. The van der Waals surface area contributed by atoms with Crippen molar-refractivity contribution in [2.75, 3.05) is 13.7 Å². The van der Waals surface area contributed by atoms with Crippen molar-refractivity contribution < 1.29 is 14.2 Å². The zero-order valence-electron chi connectivity index (χ0n) is 11.4. The van der Waals surface area contributed by atoms with Crippen LogP contribution >= 0.6 is 31.9 Å². The van der Waals surface area contributed by atoms with Gasteiger partial charge in [-0.05, 0) is 45.8 Å². The Morgan fingerprint density at radius 2 is 1.95 bits per heavy atom. The molecule has 3 rings (SSSR count).